The second-order valence-corrected chi connectivity index (χ2v) is 9.21. The topological polar surface area (TPSA) is 104 Å². The van der Waals surface area contributed by atoms with Crippen LogP contribution in [0.3, 0.4) is 0 Å². The number of nitrogens with two attached hydrogens (primary N) is 1. The molecule has 6 rings (SSSR count). The van der Waals surface area contributed by atoms with E-state index in [9.17, 15) is 13.6 Å². The summed E-state index contributed by atoms with van der Waals surface area (Å²) in [5.41, 5.74) is 10.2. The van der Waals surface area contributed by atoms with Crippen molar-refractivity contribution in [1.82, 2.24) is 29.0 Å². The largest absolute Gasteiger partial charge is 0.382 e. The van der Waals surface area contributed by atoms with Crippen LogP contribution in [0.2, 0.25) is 0 Å². The van der Waals surface area contributed by atoms with Gasteiger partial charge in [0, 0.05) is 38.4 Å². The highest BCUT2D eigenvalue weighted by molar-refractivity contribution is 5.98. The fraction of sp³-hybridized carbons (Fsp3) is 0.231. The van der Waals surface area contributed by atoms with Gasteiger partial charge in [-0.2, -0.15) is 13.9 Å². The molecule has 0 saturated heterocycles. The van der Waals surface area contributed by atoms with E-state index in [2.05, 4.69) is 15.1 Å². The Kier molecular flexibility index (Phi) is 5.56. The first-order chi connectivity index (χ1) is 18.3. The Morgan fingerprint density at radius 2 is 2.00 bits per heavy atom. The number of rotatable bonds is 5. The number of ether oxygens (including phenoxy) is 1. The lowest BCUT2D eigenvalue weighted by Gasteiger charge is -2.30. The highest BCUT2D eigenvalue weighted by Gasteiger charge is 2.38. The number of anilines is 1. The average molecular weight is 522 g/mol. The van der Waals surface area contributed by atoms with Gasteiger partial charge in [-0.25, -0.2) is 19.0 Å². The molecule has 0 aliphatic heterocycles. The molecule has 0 radical (unpaired) electrons. The fourth-order valence-corrected chi connectivity index (χ4v) is 5.22. The molecule has 2 atom stereocenters. The first-order valence-corrected chi connectivity index (χ1v) is 11.7. The Bertz CT molecular complexity index is 1710. The molecule has 1 aliphatic rings. The van der Waals surface area contributed by atoms with E-state index < -0.39 is 24.3 Å². The maximum absolute atomic E-state index is 15.2. The van der Waals surface area contributed by atoms with Gasteiger partial charge in [-0.15, -0.1) is 0 Å². The Hall–Kier alpha value is -4.45. The number of nitrogen functional groups attached to an aromatic ring is 1. The molecule has 0 unspecified atom stereocenters. The molecular weight excluding hydrogens is 499 g/mol. The number of halogens is 3. The zero-order valence-corrected chi connectivity index (χ0v) is 20.3. The molecule has 5 aromatic rings. The highest BCUT2D eigenvalue weighted by Crippen LogP contribution is 2.40. The van der Waals surface area contributed by atoms with Gasteiger partial charge in [0.2, 0.25) is 0 Å². The third-order valence-corrected chi connectivity index (χ3v) is 7.11. The van der Waals surface area contributed by atoms with Gasteiger partial charge in [0.05, 0.1) is 47.5 Å². The number of benzene rings is 2. The molecular formula is C26H22F3N7O2. The van der Waals surface area contributed by atoms with Gasteiger partial charge in [-0.05, 0) is 22.8 Å². The lowest BCUT2D eigenvalue weighted by Crippen LogP contribution is -2.37. The Balaban J connectivity index is 1.36. The van der Waals surface area contributed by atoms with Crippen molar-refractivity contribution in [3.05, 3.63) is 77.8 Å². The molecule has 38 heavy (non-hydrogen) atoms. The zero-order valence-electron chi connectivity index (χ0n) is 20.3. The van der Waals surface area contributed by atoms with Gasteiger partial charge in [-0.1, -0.05) is 18.2 Å². The minimum Gasteiger partial charge on any atom is -0.382 e. The predicted molar refractivity (Wildman–Crippen MR) is 133 cm³/mol. The molecule has 1 aliphatic carbocycles. The summed E-state index contributed by atoms with van der Waals surface area (Å²) in [6, 6.07) is 7.66. The van der Waals surface area contributed by atoms with E-state index in [1.54, 1.807) is 30.8 Å². The Labute approximate surface area is 214 Å². The summed E-state index contributed by atoms with van der Waals surface area (Å²) in [4.78, 5) is 23.4. The predicted octanol–water partition coefficient (Wildman–Crippen LogP) is 4.25. The lowest BCUT2D eigenvalue weighted by atomic mass is 10.0. The normalized spacial score (nSPS) is 17.0. The molecule has 12 heteroatoms. The summed E-state index contributed by atoms with van der Waals surface area (Å²) >= 11 is 0. The molecule has 3 heterocycles. The number of likely N-dealkylation sites (N-methyl/N-ethyl adjacent to an activating group) is 1. The Morgan fingerprint density at radius 1 is 1.18 bits per heavy atom. The first-order valence-electron chi connectivity index (χ1n) is 11.7. The number of hydrogen-bond acceptors (Lipinski definition) is 6. The van der Waals surface area contributed by atoms with Gasteiger partial charge < -0.3 is 15.4 Å². The minimum absolute atomic E-state index is 0.124. The van der Waals surface area contributed by atoms with Crippen LogP contribution in [-0.4, -0.2) is 55.2 Å². The molecule has 0 bridgehead atoms. The van der Waals surface area contributed by atoms with E-state index >= 15 is 4.39 Å². The van der Waals surface area contributed by atoms with Crippen LogP contribution < -0.4 is 5.73 Å². The van der Waals surface area contributed by atoms with Gasteiger partial charge in [-0.3, -0.25) is 9.20 Å². The maximum atomic E-state index is 15.2. The average Bonchev–Trinajstić information content (AvgIpc) is 3.65. The van der Waals surface area contributed by atoms with Gasteiger partial charge >= 0.3 is 6.55 Å². The minimum atomic E-state index is -2.73. The quantitative estimate of drug-likeness (QED) is 0.371. The van der Waals surface area contributed by atoms with Crippen LogP contribution in [0, 0.1) is 5.82 Å². The van der Waals surface area contributed by atoms with Crippen molar-refractivity contribution in [3.63, 3.8) is 0 Å². The van der Waals surface area contributed by atoms with Crippen molar-refractivity contribution in [1.29, 1.82) is 0 Å². The number of alkyl halides is 2. The zero-order chi connectivity index (χ0) is 26.7. The molecule has 2 aromatic carbocycles. The molecule has 9 nitrogen and oxygen atoms in total. The number of aromatic nitrogens is 5. The summed E-state index contributed by atoms with van der Waals surface area (Å²) in [7, 11) is 3.16. The summed E-state index contributed by atoms with van der Waals surface area (Å²) < 4.78 is 49.1. The Morgan fingerprint density at radius 3 is 2.74 bits per heavy atom. The monoisotopic (exact) mass is 521 g/mol. The van der Waals surface area contributed by atoms with Crippen molar-refractivity contribution in [3.8, 4) is 11.1 Å². The van der Waals surface area contributed by atoms with Crippen molar-refractivity contribution in [2.24, 2.45) is 0 Å². The second-order valence-electron chi connectivity index (χ2n) is 9.21. The second kappa shape index (κ2) is 8.84. The van der Waals surface area contributed by atoms with Crippen LogP contribution in [0.5, 0.6) is 0 Å². The number of nitrogens with zero attached hydrogens (tertiary/aromatic N) is 6. The van der Waals surface area contributed by atoms with Crippen LogP contribution in [0.1, 0.15) is 34.1 Å². The number of carbonyl (C=O) groups is 1. The van der Waals surface area contributed by atoms with Crippen LogP contribution >= 0.6 is 0 Å². The molecule has 0 fully saturated rings. The SMILES string of the molecule is CO[C@@H]1Cc2cc(-c3cnn(C(F)F)c3)ccc2[C@@H]1N(C)C(=O)c1cc2c(cc1F)nc(N)c1cncn12. The third kappa shape index (κ3) is 3.67. The van der Waals surface area contributed by atoms with Crippen LogP contribution in [0.15, 0.2) is 55.2 Å². The van der Waals surface area contributed by atoms with E-state index in [0.717, 1.165) is 16.7 Å². The van der Waals surface area contributed by atoms with Gasteiger partial charge in [0.15, 0.2) is 0 Å². The van der Waals surface area contributed by atoms with Crippen LogP contribution in [0.4, 0.5) is 19.0 Å². The molecule has 1 amide bonds. The number of carbonyl (C=O) groups excluding carboxylic acids is 1. The molecule has 0 spiro atoms. The summed E-state index contributed by atoms with van der Waals surface area (Å²) in [5, 5.41) is 3.70. The number of methoxy groups -OCH3 is 1. The van der Waals surface area contributed by atoms with E-state index in [4.69, 9.17) is 10.5 Å². The lowest BCUT2D eigenvalue weighted by molar-refractivity contribution is 0.0288. The molecule has 2 N–H and O–H groups in total. The third-order valence-electron chi connectivity index (χ3n) is 7.11. The maximum Gasteiger partial charge on any atom is 0.333 e. The first kappa shape index (κ1) is 23.9. The smallest absolute Gasteiger partial charge is 0.333 e. The van der Waals surface area contributed by atoms with Gasteiger partial charge in [0.25, 0.3) is 5.91 Å². The molecule has 0 saturated carbocycles. The van der Waals surface area contributed by atoms with E-state index in [1.165, 1.54) is 35.8 Å². The number of imidazole rings is 1. The standard InChI is InChI=1S/C26H22F3N7O2/c1-34(25(37)17-7-20-19(8-18(17)27)33-24(30)21-10-31-12-35(20)21)23-16-4-3-13(5-14(16)6-22(23)38-2)15-9-32-36(11-15)26(28)29/h3-5,7-12,22-23,26H,6H2,1-2H3,(H2,30,33)/t22-,23+/m1/s1. The molecule has 194 valence electrons. The van der Waals surface area contributed by atoms with Crippen molar-refractivity contribution >= 4 is 28.3 Å². The van der Waals surface area contributed by atoms with E-state index in [1.807, 2.05) is 12.1 Å². The summed E-state index contributed by atoms with van der Waals surface area (Å²) in [6.07, 6.45) is 5.84. The van der Waals surface area contributed by atoms with E-state index in [-0.39, 0.29) is 17.5 Å². The summed E-state index contributed by atoms with van der Waals surface area (Å²) in [6.45, 7) is -2.73. The van der Waals surface area contributed by atoms with Crippen molar-refractivity contribution in [2.75, 3.05) is 19.9 Å². The van der Waals surface area contributed by atoms with Crippen molar-refractivity contribution in [2.45, 2.75) is 25.1 Å². The van der Waals surface area contributed by atoms with Crippen LogP contribution in [-0.2, 0) is 11.2 Å². The highest BCUT2D eigenvalue weighted by atomic mass is 19.3. The fourth-order valence-electron chi connectivity index (χ4n) is 5.22. The van der Waals surface area contributed by atoms with Gasteiger partial charge in [0.1, 0.15) is 17.2 Å². The number of amides is 1. The molecule has 3 aromatic heterocycles. The summed E-state index contributed by atoms with van der Waals surface area (Å²) in [5.74, 6) is -1.05. The van der Waals surface area contributed by atoms with Crippen LogP contribution in [0.25, 0.3) is 27.7 Å². The van der Waals surface area contributed by atoms with Crippen molar-refractivity contribution < 1.29 is 22.7 Å². The van der Waals surface area contributed by atoms with E-state index in [0.29, 0.717) is 33.2 Å². The number of fused-ring (bicyclic) bond motifs is 4. The number of hydrogen-bond donors (Lipinski definition) is 1.